The zero-order chi connectivity index (χ0) is 16.1. The van der Waals surface area contributed by atoms with Crippen molar-refractivity contribution in [3.8, 4) is 0 Å². The number of carbonyl (C=O) groups is 1. The van der Waals surface area contributed by atoms with E-state index in [1.165, 1.54) is 29.5 Å². The van der Waals surface area contributed by atoms with Crippen molar-refractivity contribution in [2.75, 3.05) is 5.32 Å². The molecule has 116 valence electrons. The molecule has 1 amide bonds. The van der Waals surface area contributed by atoms with Crippen LogP contribution in [0.25, 0.3) is 0 Å². The molecule has 0 saturated carbocycles. The molecule has 0 aliphatic rings. The summed E-state index contributed by atoms with van der Waals surface area (Å²) in [5.41, 5.74) is 0.793. The summed E-state index contributed by atoms with van der Waals surface area (Å²) < 4.78 is 0. The second-order valence-electron chi connectivity index (χ2n) is 4.82. The molecular weight excluding hydrogens is 304 g/mol. The predicted molar refractivity (Wildman–Crippen MR) is 84.3 cm³/mol. The van der Waals surface area contributed by atoms with Gasteiger partial charge in [-0.15, -0.1) is 10.2 Å². The molecule has 0 spiro atoms. The molecule has 1 aromatic carbocycles. The number of nitro groups is 1. The van der Waals surface area contributed by atoms with E-state index in [-0.39, 0.29) is 11.6 Å². The number of nitrogens with zero attached hydrogens (tertiary/aromatic N) is 3. The van der Waals surface area contributed by atoms with E-state index in [1.54, 1.807) is 6.92 Å². The molecule has 0 bridgehead atoms. The first-order valence-corrected chi connectivity index (χ1v) is 7.71. The van der Waals surface area contributed by atoms with Gasteiger partial charge in [0.05, 0.1) is 4.92 Å². The summed E-state index contributed by atoms with van der Waals surface area (Å²) >= 11 is 1.35. The molecule has 8 heteroatoms. The van der Waals surface area contributed by atoms with E-state index in [2.05, 4.69) is 22.4 Å². The van der Waals surface area contributed by atoms with Gasteiger partial charge in [0.25, 0.3) is 11.6 Å². The molecule has 0 radical (unpaired) electrons. The SMILES string of the molecule is CCCCc1nnc(NC(=O)c2ccc([N+](=O)[O-])c(C)c2)s1. The molecule has 1 aromatic heterocycles. The van der Waals surface area contributed by atoms with Gasteiger partial charge in [0.1, 0.15) is 5.01 Å². The van der Waals surface area contributed by atoms with Crippen molar-refractivity contribution >= 4 is 28.1 Å². The molecule has 0 unspecified atom stereocenters. The van der Waals surface area contributed by atoms with Crippen LogP contribution in [0, 0.1) is 17.0 Å². The molecule has 2 rings (SSSR count). The molecule has 1 heterocycles. The van der Waals surface area contributed by atoms with E-state index in [9.17, 15) is 14.9 Å². The first-order valence-electron chi connectivity index (χ1n) is 6.90. The summed E-state index contributed by atoms with van der Waals surface area (Å²) in [7, 11) is 0. The summed E-state index contributed by atoms with van der Waals surface area (Å²) in [6, 6.07) is 4.25. The van der Waals surface area contributed by atoms with Crippen molar-refractivity contribution in [1.82, 2.24) is 10.2 Å². The second-order valence-corrected chi connectivity index (χ2v) is 5.88. The van der Waals surface area contributed by atoms with Crippen LogP contribution >= 0.6 is 11.3 Å². The smallest absolute Gasteiger partial charge is 0.272 e. The van der Waals surface area contributed by atoms with E-state index in [1.807, 2.05) is 0 Å². The normalized spacial score (nSPS) is 10.5. The van der Waals surface area contributed by atoms with Crippen LogP contribution in [0.4, 0.5) is 10.8 Å². The van der Waals surface area contributed by atoms with Gasteiger partial charge < -0.3 is 0 Å². The third-order valence-electron chi connectivity index (χ3n) is 3.09. The molecule has 0 fully saturated rings. The van der Waals surface area contributed by atoms with Gasteiger partial charge in [-0.1, -0.05) is 24.7 Å². The third kappa shape index (κ3) is 3.85. The van der Waals surface area contributed by atoms with Crippen molar-refractivity contribution in [2.45, 2.75) is 33.1 Å². The van der Waals surface area contributed by atoms with Crippen molar-refractivity contribution in [3.63, 3.8) is 0 Å². The number of benzene rings is 1. The number of amides is 1. The van der Waals surface area contributed by atoms with E-state index < -0.39 is 4.92 Å². The zero-order valence-corrected chi connectivity index (χ0v) is 13.1. The van der Waals surface area contributed by atoms with Gasteiger partial charge >= 0.3 is 0 Å². The van der Waals surface area contributed by atoms with Crippen LogP contribution < -0.4 is 5.32 Å². The van der Waals surface area contributed by atoms with Crippen molar-refractivity contribution in [2.24, 2.45) is 0 Å². The van der Waals surface area contributed by atoms with Crippen LogP contribution in [0.3, 0.4) is 0 Å². The zero-order valence-electron chi connectivity index (χ0n) is 12.3. The van der Waals surface area contributed by atoms with Crippen molar-refractivity contribution in [3.05, 3.63) is 44.4 Å². The van der Waals surface area contributed by atoms with Crippen molar-refractivity contribution in [1.29, 1.82) is 0 Å². The molecular formula is C14H16N4O3S. The van der Waals surface area contributed by atoms with E-state index in [0.29, 0.717) is 16.3 Å². The number of aromatic nitrogens is 2. The number of hydrogen-bond acceptors (Lipinski definition) is 6. The lowest BCUT2D eigenvalue weighted by atomic mass is 10.1. The highest BCUT2D eigenvalue weighted by Crippen LogP contribution is 2.21. The largest absolute Gasteiger partial charge is 0.296 e. The van der Waals surface area contributed by atoms with Crippen LogP contribution in [0.2, 0.25) is 0 Å². The summed E-state index contributed by atoms with van der Waals surface area (Å²) in [6.07, 6.45) is 2.95. The highest BCUT2D eigenvalue weighted by molar-refractivity contribution is 7.15. The number of hydrogen-bond donors (Lipinski definition) is 1. The molecule has 0 aliphatic heterocycles. The van der Waals surface area contributed by atoms with Crippen LogP contribution in [-0.2, 0) is 6.42 Å². The molecule has 0 atom stereocenters. The van der Waals surface area contributed by atoms with E-state index in [4.69, 9.17) is 0 Å². The maximum absolute atomic E-state index is 12.1. The average Bonchev–Trinajstić information content (AvgIpc) is 2.92. The van der Waals surface area contributed by atoms with Crippen molar-refractivity contribution < 1.29 is 9.72 Å². The minimum absolute atomic E-state index is 0.00526. The van der Waals surface area contributed by atoms with Gasteiger partial charge in [-0.05, 0) is 25.5 Å². The van der Waals surface area contributed by atoms with Gasteiger partial charge in [-0.2, -0.15) is 0 Å². The maximum atomic E-state index is 12.1. The standard InChI is InChI=1S/C14H16N4O3S/c1-3-4-5-12-16-17-14(22-12)15-13(19)10-6-7-11(18(20)21)9(2)8-10/h6-8H,3-5H2,1-2H3,(H,15,17,19). The van der Waals surface area contributed by atoms with Gasteiger partial charge in [0.15, 0.2) is 0 Å². The summed E-state index contributed by atoms with van der Waals surface area (Å²) in [5.74, 6) is -0.351. The maximum Gasteiger partial charge on any atom is 0.272 e. The highest BCUT2D eigenvalue weighted by Gasteiger charge is 2.15. The fraction of sp³-hybridized carbons (Fsp3) is 0.357. The van der Waals surface area contributed by atoms with E-state index in [0.717, 1.165) is 24.3 Å². The van der Waals surface area contributed by atoms with Gasteiger partial charge in [0, 0.05) is 23.6 Å². The fourth-order valence-corrected chi connectivity index (χ4v) is 2.68. The molecule has 0 saturated heterocycles. The van der Waals surface area contributed by atoms with Gasteiger partial charge in [-0.25, -0.2) is 0 Å². The van der Waals surface area contributed by atoms with E-state index >= 15 is 0 Å². The van der Waals surface area contributed by atoms with Crippen LogP contribution in [-0.4, -0.2) is 21.0 Å². The first kappa shape index (κ1) is 16.0. The second kappa shape index (κ2) is 7.08. The Morgan fingerprint density at radius 3 is 2.82 bits per heavy atom. The number of unbranched alkanes of at least 4 members (excludes halogenated alkanes) is 1. The number of nitro benzene ring substituents is 1. The van der Waals surface area contributed by atoms with Gasteiger partial charge in [0.2, 0.25) is 5.13 Å². The Balaban J connectivity index is 2.07. The topological polar surface area (TPSA) is 98.0 Å². The Morgan fingerprint density at radius 2 is 2.18 bits per heavy atom. The Labute approximate surface area is 131 Å². The minimum Gasteiger partial charge on any atom is -0.296 e. The average molecular weight is 320 g/mol. The summed E-state index contributed by atoms with van der Waals surface area (Å²) in [6.45, 7) is 3.70. The minimum atomic E-state index is -0.470. The number of nitrogens with one attached hydrogen (secondary N) is 1. The summed E-state index contributed by atoms with van der Waals surface area (Å²) in [5, 5.41) is 22.7. The third-order valence-corrected chi connectivity index (χ3v) is 3.99. The molecule has 7 nitrogen and oxygen atoms in total. The Bertz CT molecular complexity index is 699. The number of aryl methyl sites for hydroxylation is 2. The lowest BCUT2D eigenvalue weighted by Crippen LogP contribution is -2.12. The Morgan fingerprint density at radius 1 is 1.41 bits per heavy atom. The number of carbonyl (C=O) groups excluding carboxylic acids is 1. The quantitative estimate of drug-likeness (QED) is 0.650. The molecule has 22 heavy (non-hydrogen) atoms. The summed E-state index contributed by atoms with van der Waals surface area (Å²) in [4.78, 5) is 22.4. The Hall–Kier alpha value is -2.35. The van der Waals surface area contributed by atoms with Crippen LogP contribution in [0.1, 0.15) is 40.7 Å². The molecule has 1 N–H and O–H groups in total. The lowest BCUT2D eigenvalue weighted by Gasteiger charge is -2.03. The molecule has 2 aromatic rings. The number of anilines is 1. The van der Waals surface area contributed by atoms with Gasteiger partial charge in [-0.3, -0.25) is 20.2 Å². The van der Waals surface area contributed by atoms with Crippen LogP contribution in [0.5, 0.6) is 0 Å². The Kier molecular flexibility index (Phi) is 5.16. The highest BCUT2D eigenvalue weighted by atomic mass is 32.1. The van der Waals surface area contributed by atoms with Crippen LogP contribution in [0.15, 0.2) is 18.2 Å². The fourth-order valence-electron chi connectivity index (χ4n) is 1.90. The monoisotopic (exact) mass is 320 g/mol. The molecule has 0 aliphatic carbocycles. The predicted octanol–water partition coefficient (Wildman–Crippen LogP) is 3.35. The number of rotatable bonds is 6. The lowest BCUT2D eigenvalue weighted by molar-refractivity contribution is -0.385. The first-order chi connectivity index (χ1) is 10.5.